The van der Waals surface area contributed by atoms with Crippen molar-refractivity contribution in [2.24, 2.45) is 0 Å². The number of aromatic nitrogens is 3. The molecular weight excluding hydrogens is 388 g/mol. The lowest BCUT2D eigenvalue weighted by Crippen LogP contribution is -2.29. The number of amides is 1. The molecule has 0 fully saturated rings. The average molecular weight is 415 g/mol. The van der Waals surface area contributed by atoms with Gasteiger partial charge in [0, 0.05) is 17.1 Å². The Bertz CT molecular complexity index is 1320. The minimum atomic E-state index is -0.251. The van der Waals surface area contributed by atoms with E-state index in [-0.39, 0.29) is 23.9 Å². The van der Waals surface area contributed by atoms with Gasteiger partial charge in [-0.3, -0.25) is 14.2 Å². The summed E-state index contributed by atoms with van der Waals surface area (Å²) in [5.74, 6) is 0.0197. The summed E-state index contributed by atoms with van der Waals surface area (Å²) in [5, 5.41) is 8.55. The van der Waals surface area contributed by atoms with E-state index in [1.54, 1.807) is 10.7 Å². The van der Waals surface area contributed by atoms with Crippen molar-refractivity contribution >= 4 is 22.6 Å². The molecule has 0 aliphatic heterocycles. The second kappa shape index (κ2) is 8.22. The maximum absolute atomic E-state index is 13.0. The number of fused-ring (bicyclic) bond motifs is 1. The van der Waals surface area contributed by atoms with E-state index in [1.165, 1.54) is 4.57 Å². The number of hydrogen-bond acceptors (Lipinski definition) is 3. The van der Waals surface area contributed by atoms with Gasteiger partial charge in [-0.15, -0.1) is 0 Å². The van der Waals surface area contributed by atoms with E-state index < -0.39 is 0 Å². The average Bonchev–Trinajstić information content (AvgIpc) is 3.09. The van der Waals surface area contributed by atoms with Crippen LogP contribution in [0.15, 0.2) is 65.5 Å². The molecule has 0 radical (unpaired) electrons. The van der Waals surface area contributed by atoms with Crippen molar-refractivity contribution in [3.8, 4) is 5.69 Å². The first-order chi connectivity index (χ1) is 14.9. The van der Waals surface area contributed by atoms with Gasteiger partial charge < -0.3 is 5.32 Å². The molecule has 2 aromatic heterocycles. The van der Waals surface area contributed by atoms with Crippen LogP contribution in [0.25, 0.3) is 16.7 Å². The van der Waals surface area contributed by atoms with Crippen LogP contribution in [0.5, 0.6) is 0 Å². The molecule has 6 heteroatoms. The van der Waals surface area contributed by atoms with Crippen LogP contribution < -0.4 is 10.9 Å². The fourth-order valence-electron chi connectivity index (χ4n) is 4.02. The second-order valence-electron chi connectivity index (χ2n) is 8.07. The normalized spacial score (nSPS) is 11.3. The highest BCUT2D eigenvalue weighted by Crippen LogP contribution is 2.25. The van der Waals surface area contributed by atoms with Crippen LogP contribution >= 0.6 is 0 Å². The third-order valence-corrected chi connectivity index (χ3v) is 5.45. The molecule has 1 amide bonds. The molecule has 0 bridgehead atoms. The summed E-state index contributed by atoms with van der Waals surface area (Å²) in [6, 6.07) is 19.0. The van der Waals surface area contributed by atoms with Crippen LogP contribution in [-0.4, -0.2) is 20.3 Å². The molecule has 0 aliphatic rings. The zero-order valence-corrected chi connectivity index (χ0v) is 18.2. The molecule has 0 spiro atoms. The quantitative estimate of drug-likeness (QED) is 0.520. The minimum Gasteiger partial charge on any atom is -0.324 e. The fraction of sp³-hybridized carbons (Fsp3) is 0.240. The number of carbonyl (C=O) groups is 1. The SMILES string of the molecule is Cc1cc(=O)n(CC(=O)Nc2ccccc2C(C)C)c2c1c(C)nn2-c1ccccc1. The Labute approximate surface area is 181 Å². The highest BCUT2D eigenvalue weighted by atomic mass is 16.2. The number of nitrogens with zero attached hydrogens (tertiary/aromatic N) is 3. The van der Waals surface area contributed by atoms with Gasteiger partial charge in [0.05, 0.1) is 11.4 Å². The van der Waals surface area contributed by atoms with E-state index in [1.807, 2.05) is 68.4 Å². The Morgan fingerprint density at radius 2 is 1.71 bits per heavy atom. The summed E-state index contributed by atoms with van der Waals surface area (Å²) in [4.78, 5) is 25.9. The Balaban J connectivity index is 1.80. The smallest absolute Gasteiger partial charge is 0.252 e. The van der Waals surface area contributed by atoms with E-state index in [0.717, 1.165) is 33.6 Å². The highest BCUT2D eigenvalue weighted by molar-refractivity contribution is 5.93. The van der Waals surface area contributed by atoms with Gasteiger partial charge in [-0.25, -0.2) is 4.68 Å². The summed E-state index contributed by atoms with van der Waals surface area (Å²) < 4.78 is 3.25. The second-order valence-corrected chi connectivity index (χ2v) is 8.07. The molecule has 0 saturated carbocycles. The van der Waals surface area contributed by atoms with E-state index in [0.29, 0.717) is 5.65 Å². The first-order valence-corrected chi connectivity index (χ1v) is 10.4. The lowest BCUT2D eigenvalue weighted by molar-refractivity contribution is -0.116. The molecule has 0 unspecified atom stereocenters. The van der Waals surface area contributed by atoms with Crippen LogP contribution in [0, 0.1) is 13.8 Å². The number of aryl methyl sites for hydroxylation is 2. The van der Waals surface area contributed by atoms with Crippen molar-refractivity contribution < 1.29 is 4.79 Å². The molecule has 6 nitrogen and oxygen atoms in total. The maximum Gasteiger partial charge on any atom is 0.252 e. The third kappa shape index (κ3) is 3.89. The molecule has 1 N–H and O–H groups in total. The largest absolute Gasteiger partial charge is 0.324 e. The predicted molar refractivity (Wildman–Crippen MR) is 124 cm³/mol. The van der Waals surface area contributed by atoms with Crippen LogP contribution in [0.4, 0.5) is 5.69 Å². The standard InChI is InChI=1S/C25H26N4O2/c1-16(2)20-12-8-9-13-21(20)26-22(30)15-28-23(31)14-17(3)24-18(4)27-29(25(24)28)19-10-6-5-7-11-19/h5-14,16H,15H2,1-4H3,(H,26,30). The molecule has 2 aromatic carbocycles. The van der Waals surface area contributed by atoms with Gasteiger partial charge in [0.2, 0.25) is 5.91 Å². The van der Waals surface area contributed by atoms with Crippen molar-refractivity contribution in [2.45, 2.75) is 40.2 Å². The van der Waals surface area contributed by atoms with Crippen molar-refractivity contribution in [1.82, 2.24) is 14.3 Å². The van der Waals surface area contributed by atoms with E-state index in [9.17, 15) is 9.59 Å². The number of hydrogen-bond donors (Lipinski definition) is 1. The van der Waals surface area contributed by atoms with Gasteiger partial charge in [0.15, 0.2) is 0 Å². The van der Waals surface area contributed by atoms with Gasteiger partial charge in [-0.05, 0) is 49.1 Å². The first-order valence-electron chi connectivity index (χ1n) is 10.4. The highest BCUT2D eigenvalue weighted by Gasteiger charge is 2.19. The lowest BCUT2D eigenvalue weighted by atomic mass is 10.0. The molecule has 2 heterocycles. The number of benzene rings is 2. The number of pyridine rings is 1. The van der Waals surface area contributed by atoms with Gasteiger partial charge >= 0.3 is 0 Å². The number of rotatable bonds is 5. The summed E-state index contributed by atoms with van der Waals surface area (Å²) in [5.41, 5.74) is 4.73. The van der Waals surface area contributed by atoms with Gasteiger partial charge in [0.25, 0.3) is 5.56 Å². The molecule has 0 atom stereocenters. The Kier molecular flexibility index (Phi) is 5.46. The van der Waals surface area contributed by atoms with Crippen molar-refractivity contribution in [3.63, 3.8) is 0 Å². The number of nitrogens with one attached hydrogen (secondary N) is 1. The van der Waals surface area contributed by atoms with Gasteiger partial charge in [-0.2, -0.15) is 5.10 Å². The number of anilines is 1. The van der Waals surface area contributed by atoms with E-state index >= 15 is 0 Å². The van der Waals surface area contributed by atoms with Crippen molar-refractivity contribution in [2.75, 3.05) is 5.32 Å². The molecular formula is C25H26N4O2. The van der Waals surface area contributed by atoms with Gasteiger partial charge in [-0.1, -0.05) is 50.2 Å². The fourth-order valence-corrected chi connectivity index (χ4v) is 4.02. The predicted octanol–water partition coefficient (Wildman–Crippen LogP) is 4.57. The number of carbonyl (C=O) groups excluding carboxylic acids is 1. The number of para-hydroxylation sites is 2. The molecule has 31 heavy (non-hydrogen) atoms. The molecule has 0 aliphatic carbocycles. The topological polar surface area (TPSA) is 68.9 Å². The molecule has 0 saturated heterocycles. The Morgan fingerprint density at radius 1 is 1.03 bits per heavy atom. The Hall–Kier alpha value is -3.67. The molecule has 4 rings (SSSR count). The zero-order chi connectivity index (χ0) is 22.1. The molecule has 4 aromatic rings. The third-order valence-electron chi connectivity index (χ3n) is 5.45. The van der Waals surface area contributed by atoms with Crippen LogP contribution in [-0.2, 0) is 11.3 Å². The van der Waals surface area contributed by atoms with Gasteiger partial charge in [0.1, 0.15) is 12.2 Å². The van der Waals surface area contributed by atoms with Crippen LogP contribution in [0.1, 0.15) is 36.6 Å². The maximum atomic E-state index is 13.0. The zero-order valence-electron chi connectivity index (χ0n) is 18.2. The first kappa shape index (κ1) is 20.6. The lowest BCUT2D eigenvalue weighted by Gasteiger charge is -2.15. The van der Waals surface area contributed by atoms with Crippen molar-refractivity contribution in [1.29, 1.82) is 0 Å². The summed E-state index contributed by atoms with van der Waals surface area (Å²) in [6.07, 6.45) is 0. The van der Waals surface area contributed by atoms with Crippen LogP contribution in [0.3, 0.4) is 0 Å². The minimum absolute atomic E-state index is 0.0972. The monoisotopic (exact) mass is 414 g/mol. The van der Waals surface area contributed by atoms with Crippen molar-refractivity contribution in [3.05, 3.63) is 87.8 Å². The van der Waals surface area contributed by atoms with Crippen LogP contribution in [0.2, 0.25) is 0 Å². The molecule has 158 valence electrons. The summed E-state index contributed by atoms with van der Waals surface area (Å²) >= 11 is 0. The summed E-state index contributed by atoms with van der Waals surface area (Å²) in [7, 11) is 0. The summed E-state index contributed by atoms with van der Waals surface area (Å²) in [6.45, 7) is 7.89. The van der Waals surface area contributed by atoms with E-state index in [2.05, 4.69) is 24.3 Å². The Morgan fingerprint density at radius 3 is 2.42 bits per heavy atom. The van der Waals surface area contributed by atoms with E-state index in [4.69, 9.17) is 0 Å².